The van der Waals surface area contributed by atoms with Gasteiger partial charge in [0.05, 0.1) is 6.54 Å². The molecule has 2 rings (SSSR count). The number of hydrogen-bond donors (Lipinski definition) is 1. The molecule has 7 heteroatoms. The van der Waals surface area contributed by atoms with Gasteiger partial charge >= 0.3 is 0 Å². The van der Waals surface area contributed by atoms with Gasteiger partial charge in [-0.05, 0) is 24.6 Å². The van der Waals surface area contributed by atoms with Gasteiger partial charge in [-0.2, -0.15) is 0 Å². The average molecular weight is 346 g/mol. The third-order valence-electron chi connectivity index (χ3n) is 3.69. The molecule has 1 fully saturated rings. The molecule has 5 nitrogen and oxygen atoms in total. The molecule has 1 N–H and O–H groups in total. The molecule has 0 unspecified atom stereocenters. The first-order valence-corrected chi connectivity index (χ1v) is 7.37. The summed E-state index contributed by atoms with van der Waals surface area (Å²) in [5, 5.41) is 3.75. The summed E-state index contributed by atoms with van der Waals surface area (Å²) in [6, 6.07) is 5.23. The average Bonchev–Trinajstić information content (AvgIpc) is 2.50. The number of amides is 2. The zero-order chi connectivity index (χ0) is 15.4. The predicted molar refractivity (Wildman–Crippen MR) is 89.8 cm³/mol. The molecule has 2 amide bonds. The Morgan fingerprint density at radius 3 is 2.59 bits per heavy atom. The molecule has 0 bridgehead atoms. The largest absolute Gasteiger partial charge is 0.339 e. The van der Waals surface area contributed by atoms with Crippen molar-refractivity contribution in [3.8, 4) is 0 Å². The minimum Gasteiger partial charge on any atom is -0.339 e. The van der Waals surface area contributed by atoms with Crippen molar-refractivity contribution in [3.05, 3.63) is 34.3 Å². The van der Waals surface area contributed by atoms with Gasteiger partial charge in [-0.3, -0.25) is 9.59 Å². The maximum Gasteiger partial charge on any atom is 0.254 e. The fourth-order valence-electron chi connectivity index (χ4n) is 2.33. The summed E-state index contributed by atoms with van der Waals surface area (Å²) in [4.78, 5) is 27.8. The number of benzene rings is 1. The van der Waals surface area contributed by atoms with Crippen molar-refractivity contribution < 1.29 is 9.59 Å². The van der Waals surface area contributed by atoms with Crippen molar-refractivity contribution >= 4 is 35.8 Å². The van der Waals surface area contributed by atoms with Crippen LogP contribution in [-0.4, -0.2) is 61.4 Å². The molecular weight excluding hydrogens is 325 g/mol. The predicted octanol–water partition coefficient (Wildman–Crippen LogP) is 1.57. The zero-order valence-corrected chi connectivity index (χ0v) is 14.3. The standard InChI is InChI=1S/C15H20ClN3O2.ClH/c1-11-12(4-3-5-13(11)16)15(21)18(2)10-14(20)19-8-6-17-7-9-19;/h3-5,17H,6-10H2,1-2H3;1H. The van der Waals surface area contributed by atoms with Crippen LogP contribution in [0, 0.1) is 6.92 Å². The second kappa shape index (κ2) is 8.36. The van der Waals surface area contributed by atoms with E-state index < -0.39 is 0 Å². The topological polar surface area (TPSA) is 52.7 Å². The number of halogens is 2. The van der Waals surface area contributed by atoms with Crippen molar-refractivity contribution in [2.75, 3.05) is 39.8 Å². The molecule has 0 spiro atoms. The van der Waals surface area contributed by atoms with Gasteiger partial charge in [0.1, 0.15) is 0 Å². The van der Waals surface area contributed by atoms with Crippen LogP contribution in [0.2, 0.25) is 5.02 Å². The van der Waals surface area contributed by atoms with Crippen molar-refractivity contribution in [2.45, 2.75) is 6.92 Å². The van der Waals surface area contributed by atoms with Crippen LogP contribution in [0.4, 0.5) is 0 Å². The molecular formula is C15H21Cl2N3O2. The maximum atomic E-state index is 12.4. The van der Waals surface area contributed by atoms with E-state index in [-0.39, 0.29) is 30.8 Å². The van der Waals surface area contributed by atoms with E-state index >= 15 is 0 Å². The van der Waals surface area contributed by atoms with Crippen molar-refractivity contribution in [1.82, 2.24) is 15.1 Å². The van der Waals surface area contributed by atoms with E-state index in [0.29, 0.717) is 23.7 Å². The molecule has 122 valence electrons. The SMILES string of the molecule is Cc1c(Cl)cccc1C(=O)N(C)CC(=O)N1CCNCC1.Cl. The van der Waals surface area contributed by atoms with Gasteiger partial charge in [0.15, 0.2) is 0 Å². The Hall–Kier alpha value is -1.30. The summed E-state index contributed by atoms with van der Waals surface area (Å²) < 4.78 is 0. The highest BCUT2D eigenvalue weighted by Gasteiger charge is 2.21. The van der Waals surface area contributed by atoms with Crippen molar-refractivity contribution in [2.24, 2.45) is 0 Å². The molecule has 1 saturated heterocycles. The van der Waals surface area contributed by atoms with E-state index in [0.717, 1.165) is 18.7 Å². The highest BCUT2D eigenvalue weighted by atomic mass is 35.5. The molecule has 0 radical (unpaired) electrons. The van der Waals surface area contributed by atoms with Gasteiger partial charge in [-0.25, -0.2) is 0 Å². The quantitative estimate of drug-likeness (QED) is 0.904. The molecule has 1 aromatic rings. The summed E-state index contributed by atoms with van der Waals surface area (Å²) in [5.41, 5.74) is 1.28. The highest BCUT2D eigenvalue weighted by Crippen LogP contribution is 2.19. The van der Waals surface area contributed by atoms with E-state index in [2.05, 4.69) is 5.32 Å². The Kier molecular flexibility index (Phi) is 7.13. The van der Waals surface area contributed by atoms with Gasteiger partial charge in [-0.15, -0.1) is 12.4 Å². The number of nitrogens with zero attached hydrogens (tertiary/aromatic N) is 2. The second-order valence-electron chi connectivity index (χ2n) is 5.20. The maximum absolute atomic E-state index is 12.4. The van der Waals surface area contributed by atoms with Crippen LogP contribution in [0.1, 0.15) is 15.9 Å². The lowest BCUT2D eigenvalue weighted by Crippen LogP contribution is -2.49. The number of likely N-dealkylation sites (N-methyl/N-ethyl adjacent to an activating group) is 1. The Balaban J connectivity index is 0.00000242. The number of carbonyl (C=O) groups excluding carboxylic acids is 2. The normalized spacial score (nSPS) is 14.2. The first-order valence-electron chi connectivity index (χ1n) is 7.00. The van der Waals surface area contributed by atoms with Crippen molar-refractivity contribution in [3.63, 3.8) is 0 Å². The third kappa shape index (κ3) is 4.35. The third-order valence-corrected chi connectivity index (χ3v) is 4.10. The Morgan fingerprint density at radius 1 is 1.32 bits per heavy atom. The molecule has 0 atom stereocenters. The minimum absolute atomic E-state index is 0. The number of nitrogens with one attached hydrogen (secondary N) is 1. The van der Waals surface area contributed by atoms with E-state index in [1.807, 2.05) is 6.92 Å². The van der Waals surface area contributed by atoms with Gasteiger partial charge in [0, 0.05) is 43.8 Å². The van der Waals surface area contributed by atoms with Crippen LogP contribution in [-0.2, 0) is 4.79 Å². The summed E-state index contributed by atoms with van der Waals surface area (Å²) in [7, 11) is 1.64. The molecule has 1 heterocycles. The van der Waals surface area contributed by atoms with E-state index in [1.165, 1.54) is 4.90 Å². The Labute approximate surface area is 142 Å². The van der Waals surface area contributed by atoms with Crippen LogP contribution in [0.3, 0.4) is 0 Å². The van der Waals surface area contributed by atoms with Gasteiger partial charge in [0.25, 0.3) is 5.91 Å². The fraction of sp³-hybridized carbons (Fsp3) is 0.467. The van der Waals surface area contributed by atoms with Crippen molar-refractivity contribution in [1.29, 1.82) is 0 Å². The van der Waals surface area contributed by atoms with Crippen LogP contribution in [0.15, 0.2) is 18.2 Å². The number of rotatable bonds is 3. The zero-order valence-electron chi connectivity index (χ0n) is 12.8. The summed E-state index contributed by atoms with van der Waals surface area (Å²) >= 11 is 6.04. The number of piperazine rings is 1. The fourth-order valence-corrected chi connectivity index (χ4v) is 2.51. The lowest BCUT2D eigenvalue weighted by Gasteiger charge is -2.29. The number of hydrogen-bond acceptors (Lipinski definition) is 3. The van der Waals surface area contributed by atoms with Gasteiger partial charge < -0.3 is 15.1 Å². The Morgan fingerprint density at radius 2 is 1.95 bits per heavy atom. The molecule has 0 saturated carbocycles. The summed E-state index contributed by atoms with van der Waals surface area (Å²) in [5.74, 6) is -0.203. The number of carbonyl (C=O) groups is 2. The first-order chi connectivity index (χ1) is 10.0. The molecule has 1 aromatic carbocycles. The molecule has 0 aromatic heterocycles. The molecule has 1 aliphatic heterocycles. The molecule has 0 aliphatic carbocycles. The monoisotopic (exact) mass is 345 g/mol. The van der Waals surface area contributed by atoms with E-state index in [1.54, 1.807) is 30.1 Å². The smallest absolute Gasteiger partial charge is 0.254 e. The second-order valence-corrected chi connectivity index (χ2v) is 5.61. The van der Waals surface area contributed by atoms with E-state index in [9.17, 15) is 9.59 Å². The molecule has 22 heavy (non-hydrogen) atoms. The first kappa shape index (κ1) is 18.7. The van der Waals surface area contributed by atoms with Crippen LogP contribution >= 0.6 is 24.0 Å². The summed E-state index contributed by atoms with van der Waals surface area (Å²) in [6.07, 6.45) is 0. The van der Waals surface area contributed by atoms with Gasteiger partial charge in [0.2, 0.25) is 5.91 Å². The van der Waals surface area contributed by atoms with Crippen LogP contribution in [0.25, 0.3) is 0 Å². The minimum atomic E-state index is -0.182. The van der Waals surface area contributed by atoms with Gasteiger partial charge in [-0.1, -0.05) is 17.7 Å². The Bertz CT molecular complexity index is 546. The van der Waals surface area contributed by atoms with E-state index in [4.69, 9.17) is 11.6 Å². The van der Waals surface area contributed by atoms with Crippen LogP contribution < -0.4 is 5.32 Å². The molecule has 1 aliphatic rings. The van der Waals surface area contributed by atoms with Crippen LogP contribution in [0.5, 0.6) is 0 Å². The lowest BCUT2D eigenvalue weighted by molar-refractivity contribution is -0.132. The lowest BCUT2D eigenvalue weighted by atomic mass is 10.1. The summed E-state index contributed by atoms with van der Waals surface area (Å²) in [6.45, 7) is 4.88. The highest BCUT2D eigenvalue weighted by molar-refractivity contribution is 6.31.